The highest BCUT2D eigenvalue weighted by molar-refractivity contribution is 6.31. The highest BCUT2D eigenvalue weighted by Crippen LogP contribution is 2.28. The monoisotopic (exact) mass is 448 g/mol. The Morgan fingerprint density at radius 1 is 1.16 bits per heavy atom. The van der Waals surface area contributed by atoms with Gasteiger partial charge in [0.2, 0.25) is 11.8 Å². The topological polar surface area (TPSA) is 67.9 Å². The number of rotatable bonds is 7. The van der Waals surface area contributed by atoms with Gasteiger partial charge in [-0.2, -0.15) is 0 Å². The van der Waals surface area contributed by atoms with Gasteiger partial charge in [0.15, 0.2) is 11.5 Å². The normalized spacial score (nSPS) is 14.3. The van der Waals surface area contributed by atoms with Crippen LogP contribution in [-0.4, -0.2) is 43.5 Å². The first-order valence-electron chi connectivity index (χ1n) is 10.2. The predicted molar refractivity (Wildman–Crippen MR) is 117 cm³/mol. The SMILES string of the molecule is COc1cc(C)ccc1OCCC(=O)N1CCC(C(=O)Nc2ccc(F)c(Cl)c2)CC1. The molecule has 0 aromatic heterocycles. The van der Waals surface area contributed by atoms with Crippen LogP contribution in [0.1, 0.15) is 24.8 Å². The van der Waals surface area contributed by atoms with Crippen molar-refractivity contribution in [3.8, 4) is 11.5 Å². The van der Waals surface area contributed by atoms with Crippen LogP contribution in [0.2, 0.25) is 5.02 Å². The van der Waals surface area contributed by atoms with E-state index < -0.39 is 5.82 Å². The number of nitrogens with one attached hydrogen (secondary N) is 1. The molecule has 0 aliphatic carbocycles. The smallest absolute Gasteiger partial charge is 0.227 e. The highest BCUT2D eigenvalue weighted by atomic mass is 35.5. The quantitative estimate of drug-likeness (QED) is 0.679. The Hall–Kier alpha value is -2.80. The summed E-state index contributed by atoms with van der Waals surface area (Å²) in [6.07, 6.45) is 1.39. The van der Waals surface area contributed by atoms with Gasteiger partial charge in [-0.3, -0.25) is 9.59 Å². The largest absolute Gasteiger partial charge is 0.493 e. The lowest BCUT2D eigenvalue weighted by molar-refractivity contribution is -0.135. The Labute approximate surface area is 186 Å². The molecule has 8 heteroatoms. The van der Waals surface area contributed by atoms with Gasteiger partial charge in [-0.1, -0.05) is 17.7 Å². The number of anilines is 1. The van der Waals surface area contributed by atoms with Crippen LogP contribution < -0.4 is 14.8 Å². The number of halogens is 2. The number of aryl methyl sites for hydroxylation is 1. The fourth-order valence-corrected chi connectivity index (χ4v) is 3.69. The molecule has 166 valence electrons. The lowest BCUT2D eigenvalue weighted by Crippen LogP contribution is -2.41. The van der Waals surface area contributed by atoms with Crippen molar-refractivity contribution in [3.63, 3.8) is 0 Å². The first-order valence-corrected chi connectivity index (χ1v) is 10.6. The molecule has 0 spiro atoms. The molecule has 2 aromatic carbocycles. The summed E-state index contributed by atoms with van der Waals surface area (Å²) >= 11 is 5.75. The number of hydrogen-bond donors (Lipinski definition) is 1. The second kappa shape index (κ2) is 10.5. The van der Waals surface area contributed by atoms with Gasteiger partial charge in [0.1, 0.15) is 5.82 Å². The lowest BCUT2D eigenvalue weighted by atomic mass is 9.95. The van der Waals surface area contributed by atoms with Crippen molar-refractivity contribution in [2.45, 2.75) is 26.2 Å². The summed E-state index contributed by atoms with van der Waals surface area (Å²) in [5.41, 5.74) is 1.52. The van der Waals surface area contributed by atoms with Crippen LogP contribution in [0.3, 0.4) is 0 Å². The second-order valence-corrected chi connectivity index (χ2v) is 7.93. The summed E-state index contributed by atoms with van der Waals surface area (Å²) in [5.74, 6) is 0.357. The molecule has 3 rings (SSSR count). The number of nitrogens with zero attached hydrogens (tertiary/aromatic N) is 1. The number of methoxy groups -OCH3 is 1. The molecule has 2 amide bonds. The lowest BCUT2D eigenvalue weighted by Gasteiger charge is -2.31. The molecule has 1 aliphatic rings. The molecule has 0 bridgehead atoms. The van der Waals surface area contributed by atoms with Crippen molar-refractivity contribution >= 4 is 29.1 Å². The van der Waals surface area contributed by atoms with Crippen LogP contribution in [0.4, 0.5) is 10.1 Å². The highest BCUT2D eigenvalue weighted by Gasteiger charge is 2.27. The van der Waals surface area contributed by atoms with Crippen molar-refractivity contribution in [1.29, 1.82) is 0 Å². The molecule has 0 unspecified atom stereocenters. The van der Waals surface area contributed by atoms with Gasteiger partial charge >= 0.3 is 0 Å². The summed E-state index contributed by atoms with van der Waals surface area (Å²) in [6, 6.07) is 9.71. The Morgan fingerprint density at radius 2 is 1.90 bits per heavy atom. The number of piperidine rings is 1. The van der Waals surface area contributed by atoms with Gasteiger partial charge in [0.05, 0.1) is 25.2 Å². The Bertz CT molecular complexity index is 945. The molecule has 0 radical (unpaired) electrons. The molecule has 0 atom stereocenters. The third-order valence-corrected chi connectivity index (χ3v) is 5.59. The number of carbonyl (C=O) groups is 2. The van der Waals surface area contributed by atoms with E-state index in [1.165, 1.54) is 18.2 Å². The van der Waals surface area contributed by atoms with Crippen LogP contribution in [0.5, 0.6) is 11.5 Å². The average molecular weight is 449 g/mol. The molecule has 1 heterocycles. The number of ether oxygens (including phenoxy) is 2. The minimum atomic E-state index is -0.531. The summed E-state index contributed by atoms with van der Waals surface area (Å²) in [4.78, 5) is 26.7. The zero-order valence-electron chi connectivity index (χ0n) is 17.6. The van der Waals surface area contributed by atoms with E-state index in [0.717, 1.165) is 5.56 Å². The fraction of sp³-hybridized carbons (Fsp3) is 0.391. The van der Waals surface area contributed by atoms with Crippen molar-refractivity contribution in [2.24, 2.45) is 5.92 Å². The van der Waals surface area contributed by atoms with Gasteiger partial charge in [-0.15, -0.1) is 0 Å². The minimum Gasteiger partial charge on any atom is -0.493 e. The van der Waals surface area contributed by atoms with Gasteiger partial charge in [0, 0.05) is 24.7 Å². The molecule has 0 saturated carbocycles. The summed E-state index contributed by atoms with van der Waals surface area (Å²) < 4.78 is 24.3. The Morgan fingerprint density at radius 3 is 2.58 bits per heavy atom. The Balaban J connectivity index is 1.43. The number of likely N-dealkylation sites (tertiary alicyclic amines) is 1. The van der Waals surface area contributed by atoms with Gasteiger partial charge in [-0.25, -0.2) is 4.39 Å². The fourth-order valence-electron chi connectivity index (χ4n) is 3.51. The molecule has 1 N–H and O–H groups in total. The van der Waals surface area contributed by atoms with E-state index >= 15 is 0 Å². The van der Waals surface area contributed by atoms with E-state index in [2.05, 4.69) is 5.32 Å². The molecular weight excluding hydrogens is 423 g/mol. The predicted octanol–water partition coefficient (Wildman–Crippen LogP) is 4.44. The van der Waals surface area contributed by atoms with Crippen LogP contribution in [0.15, 0.2) is 36.4 Å². The number of amides is 2. The standard InChI is InChI=1S/C23H26ClFN2O4/c1-15-3-6-20(21(13-15)30-2)31-12-9-22(28)27-10-7-16(8-11-27)23(29)26-17-4-5-19(25)18(24)14-17/h3-6,13-14,16H,7-12H2,1-2H3,(H,26,29). The zero-order valence-corrected chi connectivity index (χ0v) is 18.4. The minimum absolute atomic E-state index is 0.00440. The van der Waals surface area contributed by atoms with E-state index in [4.69, 9.17) is 21.1 Å². The van der Waals surface area contributed by atoms with Crippen LogP contribution >= 0.6 is 11.6 Å². The van der Waals surface area contributed by atoms with Gasteiger partial charge in [-0.05, 0) is 55.7 Å². The summed E-state index contributed by atoms with van der Waals surface area (Å²) in [5, 5.41) is 2.73. The van der Waals surface area contributed by atoms with Crippen molar-refractivity contribution in [1.82, 2.24) is 4.90 Å². The van der Waals surface area contributed by atoms with Crippen LogP contribution in [-0.2, 0) is 9.59 Å². The van der Waals surface area contributed by atoms with E-state index in [1.54, 1.807) is 12.0 Å². The number of hydrogen-bond acceptors (Lipinski definition) is 4. The summed E-state index contributed by atoms with van der Waals surface area (Å²) in [7, 11) is 1.58. The molecule has 1 saturated heterocycles. The van der Waals surface area contributed by atoms with Crippen molar-refractivity contribution < 1.29 is 23.5 Å². The molecular formula is C23H26ClFN2O4. The number of benzene rings is 2. The van der Waals surface area contributed by atoms with E-state index in [0.29, 0.717) is 43.1 Å². The van der Waals surface area contributed by atoms with E-state index in [9.17, 15) is 14.0 Å². The molecule has 1 fully saturated rings. The van der Waals surface area contributed by atoms with Crippen molar-refractivity contribution in [2.75, 3.05) is 32.1 Å². The third-order valence-electron chi connectivity index (χ3n) is 5.30. The first-order chi connectivity index (χ1) is 14.9. The van der Waals surface area contributed by atoms with Crippen LogP contribution in [0, 0.1) is 18.7 Å². The molecule has 1 aliphatic heterocycles. The van der Waals surface area contributed by atoms with Gasteiger partial charge in [0.25, 0.3) is 0 Å². The average Bonchev–Trinajstić information content (AvgIpc) is 2.77. The van der Waals surface area contributed by atoms with Gasteiger partial charge < -0.3 is 19.7 Å². The molecule has 31 heavy (non-hydrogen) atoms. The second-order valence-electron chi connectivity index (χ2n) is 7.53. The molecule has 6 nitrogen and oxygen atoms in total. The van der Waals surface area contributed by atoms with Crippen LogP contribution in [0.25, 0.3) is 0 Å². The number of carbonyl (C=O) groups excluding carboxylic acids is 2. The van der Waals surface area contributed by atoms with E-state index in [-0.39, 0.29) is 35.8 Å². The third kappa shape index (κ3) is 6.10. The maximum Gasteiger partial charge on any atom is 0.227 e. The summed E-state index contributed by atoms with van der Waals surface area (Å²) in [6.45, 7) is 3.24. The zero-order chi connectivity index (χ0) is 22.4. The molecule has 2 aromatic rings. The van der Waals surface area contributed by atoms with Crippen molar-refractivity contribution in [3.05, 3.63) is 52.8 Å². The maximum absolute atomic E-state index is 13.3. The Kier molecular flexibility index (Phi) is 7.74. The maximum atomic E-state index is 13.3. The van der Waals surface area contributed by atoms with E-state index in [1.807, 2.05) is 25.1 Å². The first kappa shape index (κ1) is 22.9.